The van der Waals surface area contributed by atoms with Crippen LogP contribution in [-0.4, -0.2) is 11.8 Å². The Balaban J connectivity index is 2.48. The molecule has 2 unspecified atom stereocenters. The maximum Gasteiger partial charge on any atom is 0.128 e. The van der Waals surface area contributed by atoms with Gasteiger partial charge in [-0.2, -0.15) is 11.8 Å². The van der Waals surface area contributed by atoms with E-state index >= 15 is 0 Å². The molecule has 0 amide bonds. The van der Waals surface area contributed by atoms with E-state index < -0.39 is 0 Å². The quantitative estimate of drug-likeness (QED) is 0.886. The summed E-state index contributed by atoms with van der Waals surface area (Å²) in [6, 6.07) is 3.66. The average Bonchev–Trinajstić information content (AvgIpc) is 2.34. The Morgan fingerprint density at radius 2 is 2.17 bits per heavy atom. The summed E-state index contributed by atoms with van der Waals surface area (Å²) in [6.45, 7) is 9.49. The molecule has 1 N–H and O–H groups in total. The van der Waals surface area contributed by atoms with Crippen molar-refractivity contribution in [2.45, 2.75) is 44.7 Å². The molecule has 0 bridgehead atoms. The topological polar surface area (TPSA) is 12.0 Å². The summed E-state index contributed by atoms with van der Waals surface area (Å²) in [4.78, 5) is 0. The highest BCUT2D eigenvalue weighted by Gasteiger charge is 2.34. The van der Waals surface area contributed by atoms with Crippen LogP contribution < -0.4 is 5.32 Å². The Kier molecular flexibility index (Phi) is 4.33. The van der Waals surface area contributed by atoms with Crippen LogP contribution in [0.4, 0.5) is 4.39 Å². The Labute approximate surface area is 114 Å². The predicted octanol–water partition coefficient (Wildman–Crippen LogP) is 4.06. The molecule has 3 heteroatoms. The van der Waals surface area contributed by atoms with Crippen LogP contribution in [0.25, 0.3) is 0 Å². The van der Waals surface area contributed by atoms with Crippen LogP contribution in [0.15, 0.2) is 12.1 Å². The minimum atomic E-state index is -0.0486. The monoisotopic (exact) mass is 267 g/mol. The fourth-order valence-corrected chi connectivity index (χ4v) is 4.28. The molecule has 0 fully saturated rings. The van der Waals surface area contributed by atoms with Gasteiger partial charge in [0, 0.05) is 22.6 Å². The summed E-state index contributed by atoms with van der Waals surface area (Å²) in [5.74, 6) is 1.43. The maximum absolute atomic E-state index is 14.2. The average molecular weight is 267 g/mol. The lowest BCUT2D eigenvalue weighted by molar-refractivity contribution is 0.430. The van der Waals surface area contributed by atoms with Crippen molar-refractivity contribution < 1.29 is 4.39 Å². The van der Waals surface area contributed by atoms with Crippen LogP contribution in [0.2, 0.25) is 0 Å². The second-order valence-electron chi connectivity index (χ2n) is 5.31. The molecule has 0 radical (unpaired) electrons. The van der Waals surface area contributed by atoms with Gasteiger partial charge in [-0.15, -0.1) is 0 Å². The number of hydrogen-bond acceptors (Lipinski definition) is 2. The van der Waals surface area contributed by atoms with Gasteiger partial charge in [0.05, 0.1) is 0 Å². The van der Waals surface area contributed by atoms with Crippen LogP contribution in [0.3, 0.4) is 0 Å². The molecule has 0 saturated carbocycles. The summed E-state index contributed by atoms with van der Waals surface area (Å²) in [5.41, 5.74) is 3.32. The minimum absolute atomic E-state index is 0.0486. The molecule has 2 rings (SSSR count). The van der Waals surface area contributed by atoms with E-state index in [-0.39, 0.29) is 11.9 Å². The van der Waals surface area contributed by atoms with Crippen LogP contribution >= 0.6 is 11.8 Å². The molecule has 1 nitrogen and oxygen atoms in total. The molecule has 1 aliphatic rings. The van der Waals surface area contributed by atoms with Crippen LogP contribution in [0.5, 0.6) is 0 Å². The maximum atomic E-state index is 14.2. The van der Waals surface area contributed by atoms with Gasteiger partial charge in [-0.3, -0.25) is 0 Å². The normalized spacial score (nSPS) is 23.2. The number of fused-ring (bicyclic) bond motifs is 1. The molecule has 0 spiro atoms. The van der Waals surface area contributed by atoms with Crippen molar-refractivity contribution in [2.24, 2.45) is 5.92 Å². The number of hydrogen-bond donors (Lipinski definition) is 1. The Morgan fingerprint density at radius 1 is 1.44 bits per heavy atom. The minimum Gasteiger partial charge on any atom is -0.309 e. The zero-order chi connectivity index (χ0) is 13.3. The number of thioether (sulfide) groups is 1. The van der Waals surface area contributed by atoms with Gasteiger partial charge in [-0.25, -0.2) is 4.39 Å². The predicted molar refractivity (Wildman–Crippen MR) is 77.5 cm³/mol. The zero-order valence-corrected chi connectivity index (χ0v) is 12.4. The molecular formula is C15H22FNS. The highest BCUT2D eigenvalue weighted by atomic mass is 32.2. The van der Waals surface area contributed by atoms with Crippen molar-refractivity contribution >= 4 is 11.8 Å². The Morgan fingerprint density at radius 3 is 2.78 bits per heavy atom. The lowest BCUT2D eigenvalue weighted by atomic mass is 9.90. The van der Waals surface area contributed by atoms with Gasteiger partial charge in [-0.1, -0.05) is 26.8 Å². The van der Waals surface area contributed by atoms with Gasteiger partial charge in [0.25, 0.3) is 0 Å². The zero-order valence-electron chi connectivity index (χ0n) is 11.6. The van der Waals surface area contributed by atoms with E-state index in [2.05, 4.69) is 33.0 Å². The van der Waals surface area contributed by atoms with Gasteiger partial charge < -0.3 is 5.32 Å². The third-order valence-corrected chi connectivity index (χ3v) is 5.34. The SMILES string of the molecule is CCNC1c2c(F)ccc(C)c2CSC1C(C)C. The summed E-state index contributed by atoms with van der Waals surface area (Å²) in [5, 5.41) is 3.93. The lowest BCUT2D eigenvalue weighted by Gasteiger charge is -2.37. The van der Waals surface area contributed by atoms with E-state index in [0.29, 0.717) is 11.2 Å². The van der Waals surface area contributed by atoms with Crippen molar-refractivity contribution in [3.63, 3.8) is 0 Å². The van der Waals surface area contributed by atoms with E-state index in [1.54, 1.807) is 6.07 Å². The van der Waals surface area contributed by atoms with Crippen molar-refractivity contribution in [1.29, 1.82) is 0 Å². The molecule has 0 aromatic heterocycles. The van der Waals surface area contributed by atoms with Crippen LogP contribution in [0, 0.1) is 18.7 Å². The van der Waals surface area contributed by atoms with Crippen molar-refractivity contribution in [3.05, 3.63) is 34.6 Å². The fourth-order valence-electron chi connectivity index (χ4n) is 2.73. The van der Waals surface area contributed by atoms with Gasteiger partial charge in [0.15, 0.2) is 0 Å². The van der Waals surface area contributed by atoms with E-state index in [0.717, 1.165) is 17.9 Å². The molecule has 1 heterocycles. The highest BCUT2D eigenvalue weighted by Crippen LogP contribution is 2.43. The van der Waals surface area contributed by atoms with E-state index in [1.807, 2.05) is 17.8 Å². The second-order valence-corrected chi connectivity index (χ2v) is 6.48. The number of aryl methyl sites for hydroxylation is 1. The van der Waals surface area contributed by atoms with Gasteiger partial charge in [0.2, 0.25) is 0 Å². The third-order valence-electron chi connectivity index (χ3n) is 3.68. The molecule has 0 aliphatic carbocycles. The Bertz CT molecular complexity index is 431. The first-order valence-electron chi connectivity index (χ1n) is 6.69. The summed E-state index contributed by atoms with van der Waals surface area (Å²) in [7, 11) is 0. The standard InChI is InChI=1S/C15H22FNS/c1-5-17-14-13-11(8-18-15(14)9(2)3)10(4)6-7-12(13)16/h6-7,9,14-15,17H,5,8H2,1-4H3. The van der Waals surface area contributed by atoms with Crippen molar-refractivity contribution in [2.75, 3.05) is 6.54 Å². The molecule has 100 valence electrons. The summed E-state index contributed by atoms with van der Waals surface area (Å²) < 4.78 is 14.2. The molecule has 2 atom stereocenters. The fraction of sp³-hybridized carbons (Fsp3) is 0.600. The van der Waals surface area contributed by atoms with Gasteiger partial charge in [0.1, 0.15) is 5.82 Å². The Hall–Kier alpha value is -0.540. The molecule has 1 aromatic carbocycles. The largest absolute Gasteiger partial charge is 0.309 e. The number of nitrogens with one attached hydrogen (secondary N) is 1. The molecular weight excluding hydrogens is 245 g/mol. The van der Waals surface area contributed by atoms with E-state index in [9.17, 15) is 4.39 Å². The number of halogens is 1. The molecule has 0 saturated heterocycles. The molecule has 18 heavy (non-hydrogen) atoms. The number of rotatable bonds is 3. The van der Waals surface area contributed by atoms with Gasteiger partial charge in [-0.05, 0) is 36.6 Å². The molecule has 1 aliphatic heterocycles. The first-order chi connectivity index (χ1) is 8.56. The smallest absolute Gasteiger partial charge is 0.128 e. The first kappa shape index (κ1) is 13.9. The highest BCUT2D eigenvalue weighted by molar-refractivity contribution is 7.99. The molecule has 1 aromatic rings. The summed E-state index contributed by atoms with van der Waals surface area (Å²) >= 11 is 1.96. The van der Waals surface area contributed by atoms with E-state index in [1.165, 1.54) is 11.1 Å². The van der Waals surface area contributed by atoms with Crippen LogP contribution in [0.1, 0.15) is 43.5 Å². The third kappa shape index (κ3) is 2.43. The second kappa shape index (κ2) is 5.62. The van der Waals surface area contributed by atoms with Crippen molar-refractivity contribution in [3.8, 4) is 0 Å². The van der Waals surface area contributed by atoms with Crippen LogP contribution in [-0.2, 0) is 5.75 Å². The van der Waals surface area contributed by atoms with E-state index in [4.69, 9.17) is 0 Å². The lowest BCUT2D eigenvalue weighted by Crippen LogP contribution is -2.37. The number of benzene rings is 1. The van der Waals surface area contributed by atoms with Crippen molar-refractivity contribution in [1.82, 2.24) is 5.32 Å². The summed E-state index contributed by atoms with van der Waals surface area (Å²) in [6.07, 6.45) is 0. The first-order valence-corrected chi connectivity index (χ1v) is 7.74. The van der Waals surface area contributed by atoms with Gasteiger partial charge >= 0.3 is 0 Å².